The number of benzene rings is 1. The second-order valence-electron chi connectivity index (χ2n) is 4.13. The van der Waals surface area contributed by atoms with Gasteiger partial charge in [0.05, 0.1) is 24.7 Å². The minimum Gasteiger partial charge on any atom is -0.496 e. The van der Waals surface area contributed by atoms with E-state index in [0.29, 0.717) is 13.0 Å². The molecule has 0 aliphatic heterocycles. The van der Waals surface area contributed by atoms with Crippen LogP contribution in [0.2, 0.25) is 0 Å². The second-order valence-corrected chi connectivity index (χ2v) is 4.98. The van der Waals surface area contributed by atoms with Gasteiger partial charge in [0.25, 0.3) is 0 Å². The number of nitrogens with two attached hydrogens (primary N) is 1. The summed E-state index contributed by atoms with van der Waals surface area (Å²) in [6.07, 6.45) is 0.644. The first-order valence-corrected chi connectivity index (χ1v) is 6.72. The smallest absolute Gasteiger partial charge is 0.236 e. The molecule has 1 aromatic rings. The average Bonchev–Trinajstić information content (AvgIpc) is 2.39. The van der Waals surface area contributed by atoms with E-state index in [9.17, 15) is 4.79 Å². The minimum atomic E-state index is -0.499. The Morgan fingerprint density at radius 2 is 2.00 bits per heavy atom. The Labute approximate surface area is 121 Å². The fourth-order valence-electron chi connectivity index (χ4n) is 1.60. The fraction of sp³-hybridized carbons (Fsp3) is 0.462. The van der Waals surface area contributed by atoms with Gasteiger partial charge in [0.1, 0.15) is 11.5 Å². The summed E-state index contributed by atoms with van der Waals surface area (Å²) < 4.78 is 11.4. The number of hydrogen-bond acceptors (Lipinski definition) is 4. The van der Waals surface area contributed by atoms with Crippen molar-refractivity contribution >= 4 is 21.8 Å². The van der Waals surface area contributed by atoms with Gasteiger partial charge in [0.15, 0.2) is 0 Å². The van der Waals surface area contributed by atoms with Crippen LogP contribution in [0.1, 0.15) is 12.5 Å². The van der Waals surface area contributed by atoms with Gasteiger partial charge in [-0.3, -0.25) is 4.79 Å². The molecule has 0 unspecified atom stereocenters. The molecule has 5 nitrogen and oxygen atoms in total. The van der Waals surface area contributed by atoms with E-state index in [1.54, 1.807) is 21.1 Å². The van der Waals surface area contributed by atoms with E-state index < -0.39 is 6.04 Å². The van der Waals surface area contributed by atoms with Crippen molar-refractivity contribution in [3.8, 4) is 11.5 Å². The van der Waals surface area contributed by atoms with Crippen molar-refractivity contribution in [1.82, 2.24) is 5.32 Å². The van der Waals surface area contributed by atoms with E-state index in [1.165, 1.54) is 0 Å². The molecule has 0 radical (unpaired) electrons. The lowest BCUT2D eigenvalue weighted by molar-refractivity contribution is -0.121. The number of methoxy groups -OCH3 is 2. The van der Waals surface area contributed by atoms with Crippen LogP contribution in [0.25, 0.3) is 0 Å². The second kappa shape index (κ2) is 7.35. The maximum Gasteiger partial charge on any atom is 0.236 e. The molecule has 0 aliphatic carbocycles. The first-order valence-electron chi connectivity index (χ1n) is 5.93. The molecular formula is C13H19BrN2O3. The van der Waals surface area contributed by atoms with Crippen molar-refractivity contribution in [2.45, 2.75) is 19.4 Å². The van der Waals surface area contributed by atoms with Crippen LogP contribution < -0.4 is 20.5 Å². The summed E-state index contributed by atoms with van der Waals surface area (Å²) in [6.45, 7) is 2.15. The third-order valence-corrected chi connectivity index (χ3v) is 3.28. The summed E-state index contributed by atoms with van der Waals surface area (Å²) in [5, 5.41) is 2.76. The molecule has 19 heavy (non-hydrogen) atoms. The van der Waals surface area contributed by atoms with Crippen LogP contribution in [0.5, 0.6) is 11.5 Å². The number of nitrogens with one attached hydrogen (secondary N) is 1. The monoisotopic (exact) mass is 330 g/mol. The van der Waals surface area contributed by atoms with Gasteiger partial charge in [0, 0.05) is 6.54 Å². The minimum absolute atomic E-state index is 0.164. The van der Waals surface area contributed by atoms with E-state index in [1.807, 2.05) is 12.1 Å². The topological polar surface area (TPSA) is 73.6 Å². The third kappa shape index (κ3) is 4.40. The van der Waals surface area contributed by atoms with Gasteiger partial charge in [-0.15, -0.1) is 0 Å². The van der Waals surface area contributed by atoms with E-state index in [4.69, 9.17) is 15.2 Å². The maximum absolute atomic E-state index is 11.4. The van der Waals surface area contributed by atoms with Crippen molar-refractivity contribution < 1.29 is 14.3 Å². The highest BCUT2D eigenvalue weighted by molar-refractivity contribution is 9.10. The molecule has 1 rings (SSSR count). The molecule has 0 heterocycles. The largest absolute Gasteiger partial charge is 0.496 e. The Balaban J connectivity index is 2.74. The SMILES string of the molecule is COc1cc(CCNC(=O)[C@H](C)N)c(OC)cc1Br. The normalized spacial score (nSPS) is 11.8. The van der Waals surface area contributed by atoms with Gasteiger partial charge < -0.3 is 20.5 Å². The standard InChI is InChI=1S/C13H19BrN2O3/c1-8(15)13(17)16-5-4-9-6-12(19-3)10(14)7-11(9)18-2/h6-8H,4-5,15H2,1-3H3,(H,16,17)/t8-/m0/s1. The Bertz CT molecular complexity index is 450. The highest BCUT2D eigenvalue weighted by atomic mass is 79.9. The average molecular weight is 331 g/mol. The lowest BCUT2D eigenvalue weighted by atomic mass is 10.1. The zero-order valence-corrected chi connectivity index (χ0v) is 12.9. The van der Waals surface area contributed by atoms with Crippen molar-refractivity contribution in [1.29, 1.82) is 0 Å². The van der Waals surface area contributed by atoms with Crippen molar-refractivity contribution in [3.63, 3.8) is 0 Å². The summed E-state index contributed by atoms with van der Waals surface area (Å²) in [5.41, 5.74) is 6.44. The fourth-order valence-corrected chi connectivity index (χ4v) is 2.08. The number of carbonyl (C=O) groups is 1. The summed E-state index contributed by atoms with van der Waals surface area (Å²) in [6, 6.07) is 3.24. The molecule has 0 aliphatic rings. The van der Waals surface area contributed by atoms with E-state index >= 15 is 0 Å². The number of halogens is 1. The van der Waals surface area contributed by atoms with Crippen LogP contribution in [-0.2, 0) is 11.2 Å². The highest BCUT2D eigenvalue weighted by Crippen LogP contribution is 2.32. The van der Waals surface area contributed by atoms with Gasteiger partial charge in [-0.2, -0.15) is 0 Å². The van der Waals surface area contributed by atoms with Crippen LogP contribution in [0, 0.1) is 0 Å². The Kier molecular flexibility index (Phi) is 6.11. The van der Waals surface area contributed by atoms with Gasteiger partial charge >= 0.3 is 0 Å². The molecule has 0 fully saturated rings. The maximum atomic E-state index is 11.4. The molecule has 0 saturated carbocycles. The van der Waals surface area contributed by atoms with Gasteiger partial charge in [0.2, 0.25) is 5.91 Å². The molecule has 6 heteroatoms. The molecule has 1 aromatic carbocycles. The Morgan fingerprint density at radius 1 is 1.37 bits per heavy atom. The number of amides is 1. The van der Waals surface area contributed by atoms with Crippen LogP contribution in [0.15, 0.2) is 16.6 Å². The number of ether oxygens (including phenoxy) is 2. The van der Waals surface area contributed by atoms with Gasteiger partial charge in [-0.1, -0.05) is 0 Å². The van der Waals surface area contributed by atoms with Crippen molar-refractivity contribution in [2.75, 3.05) is 20.8 Å². The quantitative estimate of drug-likeness (QED) is 0.828. The molecular weight excluding hydrogens is 312 g/mol. The van der Waals surface area contributed by atoms with Crippen molar-refractivity contribution in [2.24, 2.45) is 5.73 Å². The van der Waals surface area contributed by atoms with Crippen LogP contribution in [0.3, 0.4) is 0 Å². The Morgan fingerprint density at radius 3 is 2.53 bits per heavy atom. The van der Waals surface area contributed by atoms with E-state index in [0.717, 1.165) is 21.5 Å². The number of carbonyl (C=O) groups excluding carboxylic acids is 1. The zero-order valence-electron chi connectivity index (χ0n) is 11.3. The predicted octanol–water partition coefficient (Wildman–Crippen LogP) is 1.47. The first-order chi connectivity index (χ1) is 8.99. The van der Waals surface area contributed by atoms with Crippen molar-refractivity contribution in [3.05, 3.63) is 22.2 Å². The molecule has 3 N–H and O–H groups in total. The lowest BCUT2D eigenvalue weighted by Crippen LogP contribution is -2.39. The summed E-state index contributed by atoms with van der Waals surface area (Å²) in [7, 11) is 3.21. The lowest BCUT2D eigenvalue weighted by Gasteiger charge is -2.13. The molecule has 1 atom stereocenters. The zero-order chi connectivity index (χ0) is 14.4. The van der Waals surface area contributed by atoms with E-state index in [-0.39, 0.29) is 5.91 Å². The molecule has 0 aromatic heterocycles. The summed E-state index contributed by atoms with van der Waals surface area (Å²) in [4.78, 5) is 11.4. The van der Waals surface area contributed by atoms with Gasteiger partial charge in [-0.25, -0.2) is 0 Å². The predicted molar refractivity (Wildman–Crippen MR) is 77.6 cm³/mol. The number of rotatable bonds is 6. The van der Waals surface area contributed by atoms with Gasteiger partial charge in [-0.05, 0) is 47.0 Å². The third-order valence-electron chi connectivity index (χ3n) is 2.66. The molecule has 0 saturated heterocycles. The molecule has 106 valence electrons. The first kappa shape index (κ1) is 15.8. The molecule has 0 spiro atoms. The summed E-state index contributed by atoms with van der Waals surface area (Å²) >= 11 is 3.40. The number of hydrogen-bond donors (Lipinski definition) is 2. The van der Waals surface area contributed by atoms with Crippen LogP contribution >= 0.6 is 15.9 Å². The van der Waals surface area contributed by atoms with Crippen LogP contribution in [-0.4, -0.2) is 32.7 Å². The Hall–Kier alpha value is -1.27. The summed E-state index contributed by atoms with van der Waals surface area (Å²) in [5.74, 6) is 1.32. The molecule has 1 amide bonds. The van der Waals surface area contributed by atoms with E-state index in [2.05, 4.69) is 21.2 Å². The van der Waals surface area contributed by atoms with Crippen LogP contribution in [0.4, 0.5) is 0 Å². The highest BCUT2D eigenvalue weighted by Gasteiger charge is 2.11. The molecule has 0 bridgehead atoms.